The Hall–Kier alpha value is -0.820. The van der Waals surface area contributed by atoms with E-state index in [0.717, 1.165) is 25.9 Å². The normalized spacial score (nSPS) is 21.1. The summed E-state index contributed by atoms with van der Waals surface area (Å²) in [6.45, 7) is 3.09. The first-order valence-corrected chi connectivity index (χ1v) is 6.20. The van der Waals surface area contributed by atoms with Crippen molar-refractivity contribution in [3.8, 4) is 0 Å². The van der Waals surface area contributed by atoms with Gasteiger partial charge in [0.2, 0.25) is 5.91 Å². The summed E-state index contributed by atoms with van der Waals surface area (Å²) in [6.07, 6.45) is -2.34. The smallest absolute Gasteiger partial charge is 0.346 e. The topological polar surface area (TPSA) is 44.4 Å². The molecule has 0 aromatic carbocycles. The number of carbonyl (C=O) groups excluding carboxylic acids is 1. The molecule has 1 heterocycles. The van der Waals surface area contributed by atoms with Gasteiger partial charge in [0.05, 0.1) is 6.54 Å². The van der Waals surface area contributed by atoms with Gasteiger partial charge in [-0.2, -0.15) is 13.2 Å². The van der Waals surface area contributed by atoms with Crippen LogP contribution in [-0.2, 0) is 4.79 Å². The van der Waals surface area contributed by atoms with Crippen LogP contribution in [0.2, 0.25) is 0 Å². The number of nitrogens with zero attached hydrogens (tertiary/aromatic N) is 1. The van der Waals surface area contributed by atoms with Crippen molar-refractivity contribution in [2.75, 3.05) is 32.7 Å². The van der Waals surface area contributed by atoms with Crippen LogP contribution in [0, 0.1) is 0 Å². The number of nitrogens with one attached hydrogen (secondary N) is 2. The van der Waals surface area contributed by atoms with Gasteiger partial charge in [-0.3, -0.25) is 9.69 Å². The fourth-order valence-electron chi connectivity index (χ4n) is 2.08. The Labute approximate surface area is 105 Å². The maximum atomic E-state index is 12.0. The number of hydrogen-bond acceptors (Lipinski definition) is 3. The van der Waals surface area contributed by atoms with Gasteiger partial charge in [-0.15, -0.1) is 0 Å². The quantitative estimate of drug-likeness (QED) is 0.772. The second-order valence-electron chi connectivity index (χ2n) is 4.46. The van der Waals surface area contributed by atoms with E-state index in [9.17, 15) is 18.0 Å². The standard InChI is InChI=1S/C11H20F3N3O/c1-2-17(9-4-3-5-15-6-9)7-10(18)16-8-11(12,13)14/h9,15H,2-8H2,1H3,(H,16,18). The number of amides is 1. The summed E-state index contributed by atoms with van der Waals surface area (Å²) in [7, 11) is 0. The van der Waals surface area contributed by atoms with Gasteiger partial charge in [0.25, 0.3) is 0 Å². The molecule has 4 nitrogen and oxygen atoms in total. The van der Waals surface area contributed by atoms with Crippen molar-refractivity contribution in [1.29, 1.82) is 0 Å². The molecule has 0 aliphatic carbocycles. The molecule has 18 heavy (non-hydrogen) atoms. The van der Waals surface area contributed by atoms with Crippen LogP contribution in [0.5, 0.6) is 0 Å². The first kappa shape index (κ1) is 15.2. The lowest BCUT2D eigenvalue weighted by atomic mass is 10.1. The van der Waals surface area contributed by atoms with Crippen LogP contribution >= 0.6 is 0 Å². The minimum absolute atomic E-state index is 0.0267. The van der Waals surface area contributed by atoms with E-state index >= 15 is 0 Å². The molecule has 7 heteroatoms. The third-order valence-corrected chi connectivity index (χ3v) is 3.03. The lowest BCUT2D eigenvalue weighted by Gasteiger charge is -2.33. The summed E-state index contributed by atoms with van der Waals surface area (Å²) in [5.74, 6) is -0.570. The van der Waals surface area contributed by atoms with Gasteiger partial charge in [-0.05, 0) is 25.9 Å². The Bertz CT molecular complexity index is 265. The van der Waals surface area contributed by atoms with E-state index in [4.69, 9.17) is 0 Å². The highest BCUT2D eigenvalue weighted by atomic mass is 19.4. The third kappa shape index (κ3) is 5.68. The summed E-state index contributed by atoms with van der Waals surface area (Å²) >= 11 is 0. The zero-order valence-electron chi connectivity index (χ0n) is 10.5. The Kier molecular flexibility index (Phi) is 5.87. The zero-order chi connectivity index (χ0) is 13.6. The van der Waals surface area contributed by atoms with E-state index in [0.29, 0.717) is 6.54 Å². The molecule has 0 spiro atoms. The van der Waals surface area contributed by atoms with Crippen molar-refractivity contribution < 1.29 is 18.0 Å². The van der Waals surface area contributed by atoms with Gasteiger partial charge >= 0.3 is 6.18 Å². The van der Waals surface area contributed by atoms with E-state index in [2.05, 4.69) is 5.32 Å². The Morgan fingerprint density at radius 1 is 1.50 bits per heavy atom. The van der Waals surface area contributed by atoms with Crippen LogP contribution in [-0.4, -0.2) is 55.7 Å². The molecule has 1 fully saturated rings. The number of likely N-dealkylation sites (N-methyl/N-ethyl adjacent to an activating group) is 1. The van der Waals surface area contributed by atoms with Crippen molar-refractivity contribution in [1.82, 2.24) is 15.5 Å². The second kappa shape index (κ2) is 6.94. The number of rotatable bonds is 5. The number of alkyl halides is 3. The summed E-state index contributed by atoms with van der Waals surface area (Å²) in [6, 6.07) is 0.236. The lowest BCUT2D eigenvalue weighted by molar-refractivity contribution is -0.139. The molecule has 0 aromatic heterocycles. The summed E-state index contributed by atoms with van der Waals surface area (Å²) in [5, 5.41) is 5.13. The molecule has 1 amide bonds. The molecular weight excluding hydrogens is 247 g/mol. The fourth-order valence-corrected chi connectivity index (χ4v) is 2.08. The average Bonchev–Trinajstić information content (AvgIpc) is 2.33. The molecular formula is C11H20F3N3O. The fraction of sp³-hybridized carbons (Fsp3) is 0.909. The highest BCUT2D eigenvalue weighted by Gasteiger charge is 2.28. The third-order valence-electron chi connectivity index (χ3n) is 3.03. The summed E-state index contributed by atoms with van der Waals surface area (Å²) in [5.41, 5.74) is 0. The Morgan fingerprint density at radius 3 is 2.72 bits per heavy atom. The van der Waals surface area contributed by atoms with Gasteiger partial charge in [-0.1, -0.05) is 6.92 Å². The van der Waals surface area contributed by atoms with Crippen molar-refractivity contribution >= 4 is 5.91 Å². The summed E-state index contributed by atoms with van der Waals surface area (Å²) < 4.78 is 35.9. The molecule has 0 aromatic rings. The molecule has 2 N–H and O–H groups in total. The number of carbonyl (C=O) groups is 1. The van der Waals surface area contributed by atoms with Gasteiger partial charge in [0, 0.05) is 12.6 Å². The van der Waals surface area contributed by atoms with Crippen LogP contribution in [0.15, 0.2) is 0 Å². The number of halogens is 3. The van der Waals surface area contributed by atoms with Crippen LogP contribution in [0.4, 0.5) is 13.2 Å². The van der Waals surface area contributed by atoms with Crippen LogP contribution in [0.1, 0.15) is 19.8 Å². The average molecular weight is 267 g/mol. The van der Waals surface area contributed by atoms with Crippen molar-refractivity contribution in [2.24, 2.45) is 0 Å². The van der Waals surface area contributed by atoms with E-state index < -0.39 is 18.6 Å². The van der Waals surface area contributed by atoms with E-state index in [-0.39, 0.29) is 12.6 Å². The molecule has 1 saturated heterocycles. The zero-order valence-corrected chi connectivity index (χ0v) is 10.5. The van der Waals surface area contributed by atoms with E-state index in [1.807, 2.05) is 17.1 Å². The van der Waals surface area contributed by atoms with Crippen LogP contribution in [0.3, 0.4) is 0 Å². The predicted octanol–water partition coefficient (Wildman–Crippen LogP) is 0.739. The minimum atomic E-state index is -4.35. The monoisotopic (exact) mass is 267 g/mol. The number of piperidine rings is 1. The van der Waals surface area contributed by atoms with Gasteiger partial charge in [0.1, 0.15) is 6.54 Å². The highest BCUT2D eigenvalue weighted by molar-refractivity contribution is 5.78. The molecule has 106 valence electrons. The summed E-state index contributed by atoms with van der Waals surface area (Å²) in [4.78, 5) is 13.3. The van der Waals surface area contributed by atoms with Gasteiger partial charge < -0.3 is 10.6 Å². The number of hydrogen-bond donors (Lipinski definition) is 2. The highest BCUT2D eigenvalue weighted by Crippen LogP contribution is 2.12. The molecule has 0 radical (unpaired) electrons. The molecule has 1 unspecified atom stereocenters. The van der Waals surface area contributed by atoms with E-state index in [1.165, 1.54) is 0 Å². The van der Waals surface area contributed by atoms with Gasteiger partial charge in [0.15, 0.2) is 0 Å². The molecule has 1 rings (SSSR count). The van der Waals surface area contributed by atoms with Crippen LogP contribution < -0.4 is 10.6 Å². The molecule has 1 aliphatic rings. The van der Waals surface area contributed by atoms with Crippen molar-refractivity contribution in [2.45, 2.75) is 32.0 Å². The molecule has 0 bridgehead atoms. The Balaban J connectivity index is 2.35. The molecule has 0 saturated carbocycles. The first-order chi connectivity index (χ1) is 8.42. The SMILES string of the molecule is CCN(CC(=O)NCC(F)(F)F)C1CCCNC1. The molecule has 1 atom stereocenters. The maximum Gasteiger partial charge on any atom is 0.405 e. The Morgan fingerprint density at radius 2 is 2.22 bits per heavy atom. The lowest BCUT2D eigenvalue weighted by Crippen LogP contribution is -2.50. The predicted molar refractivity (Wildman–Crippen MR) is 62.2 cm³/mol. The van der Waals surface area contributed by atoms with Crippen molar-refractivity contribution in [3.63, 3.8) is 0 Å². The first-order valence-electron chi connectivity index (χ1n) is 6.20. The van der Waals surface area contributed by atoms with E-state index in [1.54, 1.807) is 0 Å². The largest absolute Gasteiger partial charge is 0.405 e. The van der Waals surface area contributed by atoms with Crippen LogP contribution in [0.25, 0.3) is 0 Å². The van der Waals surface area contributed by atoms with Gasteiger partial charge in [-0.25, -0.2) is 0 Å². The second-order valence-corrected chi connectivity index (χ2v) is 4.46. The molecule has 1 aliphatic heterocycles. The van der Waals surface area contributed by atoms with Crippen molar-refractivity contribution in [3.05, 3.63) is 0 Å². The maximum absolute atomic E-state index is 12.0. The minimum Gasteiger partial charge on any atom is -0.346 e.